The summed E-state index contributed by atoms with van der Waals surface area (Å²) in [5.74, 6) is 0. The molecule has 1 aromatic rings. The Morgan fingerprint density at radius 2 is 1.80 bits per heavy atom. The molecule has 1 nitrogen and oxygen atoms in total. The monoisotopic (exact) mass is 202 g/mol. The van der Waals surface area contributed by atoms with Crippen LogP contribution >= 0.6 is 0 Å². The average Bonchev–Trinajstić information content (AvgIpc) is 2.58. The molecule has 0 saturated heterocycles. The van der Waals surface area contributed by atoms with Gasteiger partial charge >= 0.3 is 0 Å². The molecule has 0 fully saturated rings. The Bertz CT molecular complexity index is 382. The molecule has 2 rings (SSSR count). The first-order valence-corrected chi connectivity index (χ1v) is 5.81. The van der Waals surface area contributed by atoms with Crippen molar-refractivity contribution in [2.45, 2.75) is 40.2 Å². The molecule has 0 bridgehead atoms. The van der Waals surface area contributed by atoms with E-state index in [0.29, 0.717) is 0 Å². The second-order valence-electron chi connectivity index (χ2n) is 4.63. The standard InChI is InChI=1S/C14H20N/c1-11-6-4-7-12(2)14(11)10-15-9-5-8-13(15)3/h4,6-7H,5,8-10H2,1-3H3/q+1. The first-order valence-electron chi connectivity index (χ1n) is 5.81. The third-order valence-electron chi connectivity index (χ3n) is 3.50. The molecule has 0 N–H and O–H groups in total. The summed E-state index contributed by atoms with van der Waals surface area (Å²) >= 11 is 0. The van der Waals surface area contributed by atoms with E-state index in [0.717, 1.165) is 6.54 Å². The molecule has 0 radical (unpaired) electrons. The van der Waals surface area contributed by atoms with E-state index in [4.69, 9.17) is 0 Å². The smallest absolute Gasteiger partial charge is 0.168 e. The Morgan fingerprint density at radius 3 is 2.33 bits per heavy atom. The van der Waals surface area contributed by atoms with Crippen LogP contribution in [0.5, 0.6) is 0 Å². The first-order chi connectivity index (χ1) is 7.18. The molecule has 1 heteroatoms. The second-order valence-corrected chi connectivity index (χ2v) is 4.63. The fraction of sp³-hybridized carbons (Fsp3) is 0.500. The predicted molar refractivity (Wildman–Crippen MR) is 64.7 cm³/mol. The third-order valence-corrected chi connectivity index (χ3v) is 3.50. The Morgan fingerprint density at radius 1 is 1.13 bits per heavy atom. The summed E-state index contributed by atoms with van der Waals surface area (Å²) in [4.78, 5) is 0. The second kappa shape index (κ2) is 4.18. The topological polar surface area (TPSA) is 3.01 Å². The quantitative estimate of drug-likeness (QED) is 0.648. The highest BCUT2D eigenvalue weighted by Gasteiger charge is 2.19. The lowest BCUT2D eigenvalue weighted by Gasteiger charge is -2.07. The van der Waals surface area contributed by atoms with Gasteiger partial charge in [0.2, 0.25) is 0 Å². The van der Waals surface area contributed by atoms with Crippen LogP contribution in [-0.2, 0) is 6.54 Å². The van der Waals surface area contributed by atoms with E-state index in [-0.39, 0.29) is 0 Å². The summed E-state index contributed by atoms with van der Waals surface area (Å²) in [5.41, 5.74) is 5.92. The van der Waals surface area contributed by atoms with E-state index >= 15 is 0 Å². The molecular formula is C14H20N+. The molecule has 0 saturated carbocycles. The fourth-order valence-electron chi connectivity index (χ4n) is 2.38. The molecule has 1 aliphatic heterocycles. The summed E-state index contributed by atoms with van der Waals surface area (Å²) in [6.07, 6.45) is 2.61. The number of hydrogen-bond acceptors (Lipinski definition) is 0. The lowest BCUT2D eigenvalue weighted by molar-refractivity contribution is -0.536. The highest BCUT2D eigenvalue weighted by atomic mass is 15.0. The van der Waals surface area contributed by atoms with Crippen LogP contribution in [0.3, 0.4) is 0 Å². The summed E-state index contributed by atoms with van der Waals surface area (Å²) < 4.78 is 2.52. The highest BCUT2D eigenvalue weighted by molar-refractivity contribution is 5.77. The summed E-state index contributed by atoms with van der Waals surface area (Å²) in [7, 11) is 0. The molecule has 0 spiro atoms. The van der Waals surface area contributed by atoms with Gasteiger partial charge in [-0.1, -0.05) is 18.2 Å². The van der Waals surface area contributed by atoms with Gasteiger partial charge in [-0.15, -0.1) is 0 Å². The predicted octanol–water partition coefficient (Wildman–Crippen LogP) is 3.07. The van der Waals surface area contributed by atoms with Gasteiger partial charge in [-0.05, 0) is 25.0 Å². The third kappa shape index (κ3) is 2.11. The van der Waals surface area contributed by atoms with E-state index in [1.807, 2.05) is 0 Å². The molecular weight excluding hydrogens is 182 g/mol. The summed E-state index contributed by atoms with van der Waals surface area (Å²) in [6, 6.07) is 6.58. The number of hydrogen-bond donors (Lipinski definition) is 0. The van der Waals surface area contributed by atoms with Crippen LogP contribution in [0.2, 0.25) is 0 Å². The van der Waals surface area contributed by atoms with E-state index in [9.17, 15) is 0 Å². The maximum atomic E-state index is 2.52. The first kappa shape index (κ1) is 10.4. The van der Waals surface area contributed by atoms with Crippen molar-refractivity contribution in [2.24, 2.45) is 0 Å². The van der Waals surface area contributed by atoms with Crippen LogP contribution in [0.15, 0.2) is 18.2 Å². The zero-order chi connectivity index (χ0) is 10.8. The summed E-state index contributed by atoms with van der Waals surface area (Å²) in [5, 5.41) is 0. The summed E-state index contributed by atoms with van der Waals surface area (Å²) in [6.45, 7) is 9.03. The molecule has 0 unspecified atom stereocenters. The molecule has 1 heterocycles. The number of nitrogens with zero attached hydrogens (tertiary/aromatic N) is 1. The van der Waals surface area contributed by atoms with E-state index in [2.05, 4.69) is 43.5 Å². The van der Waals surface area contributed by atoms with Crippen LogP contribution in [-0.4, -0.2) is 16.8 Å². The molecule has 0 aromatic heterocycles. The van der Waals surface area contributed by atoms with Crippen LogP contribution in [0.1, 0.15) is 36.5 Å². The van der Waals surface area contributed by atoms with Gasteiger partial charge in [-0.25, -0.2) is 4.58 Å². The van der Waals surface area contributed by atoms with Gasteiger partial charge in [0.05, 0.1) is 0 Å². The zero-order valence-electron chi connectivity index (χ0n) is 10.0. The molecule has 80 valence electrons. The minimum Gasteiger partial charge on any atom is -0.233 e. The van der Waals surface area contributed by atoms with Crippen LogP contribution in [0.4, 0.5) is 0 Å². The average molecular weight is 202 g/mol. The lowest BCUT2D eigenvalue weighted by atomic mass is 10.0. The van der Waals surface area contributed by atoms with Gasteiger partial charge < -0.3 is 0 Å². The lowest BCUT2D eigenvalue weighted by Crippen LogP contribution is -2.14. The van der Waals surface area contributed by atoms with Crippen molar-refractivity contribution < 1.29 is 4.58 Å². The van der Waals surface area contributed by atoms with Crippen molar-refractivity contribution in [3.63, 3.8) is 0 Å². The maximum Gasteiger partial charge on any atom is 0.168 e. The minimum atomic E-state index is 1.10. The highest BCUT2D eigenvalue weighted by Crippen LogP contribution is 2.16. The van der Waals surface area contributed by atoms with Crippen LogP contribution in [0.25, 0.3) is 0 Å². The maximum absolute atomic E-state index is 2.52. The Balaban J connectivity index is 2.28. The molecule has 0 amide bonds. The Hall–Kier alpha value is -1.11. The molecule has 15 heavy (non-hydrogen) atoms. The van der Waals surface area contributed by atoms with E-state index in [1.54, 1.807) is 5.71 Å². The largest absolute Gasteiger partial charge is 0.233 e. The van der Waals surface area contributed by atoms with E-state index < -0.39 is 0 Å². The SMILES string of the molecule is CC1=[N+](Cc2c(C)cccc2C)CCC1. The Kier molecular flexibility index (Phi) is 2.90. The van der Waals surface area contributed by atoms with Crippen molar-refractivity contribution in [2.75, 3.05) is 6.54 Å². The van der Waals surface area contributed by atoms with Gasteiger partial charge in [0.1, 0.15) is 12.3 Å². The number of aryl methyl sites for hydroxylation is 2. The molecule has 0 aliphatic carbocycles. The fourth-order valence-corrected chi connectivity index (χ4v) is 2.38. The van der Waals surface area contributed by atoms with Gasteiger partial charge in [0, 0.05) is 25.3 Å². The van der Waals surface area contributed by atoms with Crippen molar-refractivity contribution in [3.05, 3.63) is 34.9 Å². The number of benzene rings is 1. The molecule has 1 aromatic carbocycles. The Labute approximate surface area is 92.5 Å². The van der Waals surface area contributed by atoms with Gasteiger partial charge in [-0.3, -0.25) is 0 Å². The number of rotatable bonds is 2. The van der Waals surface area contributed by atoms with E-state index in [1.165, 1.54) is 36.1 Å². The van der Waals surface area contributed by atoms with Crippen molar-refractivity contribution in [1.82, 2.24) is 0 Å². The molecule has 1 aliphatic rings. The van der Waals surface area contributed by atoms with Crippen molar-refractivity contribution in [3.8, 4) is 0 Å². The van der Waals surface area contributed by atoms with Gasteiger partial charge in [0.25, 0.3) is 0 Å². The van der Waals surface area contributed by atoms with Crippen LogP contribution in [0, 0.1) is 13.8 Å². The zero-order valence-corrected chi connectivity index (χ0v) is 10.0. The van der Waals surface area contributed by atoms with Gasteiger partial charge in [0.15, 0.2) is 6.54 Å². The van der Waals surface area contributed by atoms with Gasteiger partial charge in [-0.2, -0.15) is 0 Å². The normalized spacial score (nSPS) is 16.2. The van der Waals surface area contributed by atoms with Crippen LogP contribution < -0.4 is 0 Å². The minimum absolute atomic E-state index is 1.10. The van der Waals surface area contributed by atoms with Crippen molar-refractivity contribution in [1.29, 1.82) is 0 Å². The van der Waals surface area contributed by atoms with Crippen molar-refractivity contribution >= 4 is 5.71 Å². The molecule has 0 atom stereocenters.